The van der Waals surface area contributed by atoms with Crippen molar-refractivity contribution in [3.05, 3.63) is 59.2 Å². The van der Waals surface area contributed by atoms with E-state index < -0.39 is 0 Å². The minimum atomic E-state index is 0.470. The van der Waals surface area contributed by atoms with Crippen molar-refractivity contribution in [1.82, 2.24) is 0 Å². The molecule has 0 aliphatic heterocycles. The molecule has 0 aliphatic rings. The summed E-state index contributed by atoms with van der Waals surface area (Å²) in [6.45, 7) is 0.470. The van der Waals surface area contributed by atoms with E-state index in [1.54, 1.807) is 19.2 Å². The van der Waals surface area contributed by atoms with Crippen LogP contribution in [0.4, 0.5) is 0 Å². The van der Waals surface area contributed by atoms with Crippen LogP contribution in [0.15, 0.2) is 42.5 Å². The van der Waals surface area contributed by atoms with Gasteiger partial charge in [-0.25, -0.2) is 0 Å². The smallest absolute Gasteiger partial charge is 0.124 e. The van der Waals surface area contributed by atoms with E-state index in [-0.39, 0.29) is 0 Å². The van der Waals surface area contributed by atoms with Gasteiger partial charge in [0.2, 0.25) is 0 Å². The Balaban J connectivity index is 2.08. The van der Waals surface area contributed by atoms with Crippen LogP contribution in [-0.2, 0) is 11.9 Å². The molecule has 0 amide bonds. The quantitative estimate of drug-likeness (QED) is 0.776. The first-order valence-corrected chi connectivity index (χ1v) is 7.23. The Morgan fingerprint density at radius 2 is 1.90 bits per heavy atom. The van der Waals surface area contributed by atoms with Crippen molar-refractivity contribution < 1.29 is 9.47 Å². The molecule has 0 fully saturated rings. The van der Waals surface area contributed by atoms with Crippen molar-refractivity contribution >= 4 is 15.9 Å². The van der Waals surface area contributed by atoms with Crippen molar-refractivity contribution in [3.8, 4) is 17.6 Å². The van der Waals surface area contributed by atoms with Crippen molar-refractivity contribution in [1.29, 1.82) is 5.26 Å². The predicted octanol–water partition coefficient (Wildman–Crippen LogP) is 4.04. The first-order valence-electron chi connectivity index (χ1n) is 6.11. The minimum absolute atomic E-state index is 0.470. The van der Waals surface area contributed by atoms with Crippen LogP contribution in [0.1, 0.15) is 16.7 Å². The highest BCUT2D eigenvalue weighted by Crippen LogP contribution is 2.26. The first-order chi connectivity index (χ1) is 9.76. The fraction of sp³-hybridized carbons (Fsp3) is 0.188. The molecule has 0 aliphatic carbocycles. The Hall–Kier alpha value is -1.99. The van der Waals surface area contributed by atoms with Gasteiger partial charge in [0.05, 0.1) is 18.7 Å². The maximum Gasteiger partial charge on any atom is 0.124 e. The second-order valence-corrected chi connectivity index (χ2v) is 4.77. The van der Waals surface area contributed by atoms with E-state index >= 15 is 0 Å². The van der Waals surface area contributed by atoms with Crippen molar-refractivity contribution in [2.45, 2.75) is 11.9 Å². The highest BCUT2D eigenvalue weighted by Gasteiger charge is 2.05. The van der Waals surface area contributed by atoms with Crippen LogP contribution in [-0.4, -0.2) is 7.11 Å². The van der Waals surface area contributed by atoms with Crippen LogP contribution in [0, 0.1) is 11.3 Å². The highest BCUT2D eigenvalue weighted by molar-refractivity contribution is 9.08. The summed E-state index contributed by atoms with van der Waals surface area (Å²) in [6.07, 6.45) is 0. The van der Waals surface area contributed by atoms with Gasteiger partial charge < -0.3 is 9.47 Å². The molecule has 2 aromatic rings. The summed E-state index contributed by atoms with van der Waals surface area (Å²) in [7, 11) is 1.64. The van der Waals surface area contributed by atoms with Crippen LogP contribution in [0.2, 0.25) is 0 Å². The van der Waals surface area contributed by atoms with Gasteiger partial charge in [-0.3, -0.25) is 0 Å². The Bertz CT molecular complexity index is 617. The van der Waals surface area contributed by atoms with Gasteiger partial charge in [-0.15, -0.1) is 0 Å². The van der Waals surface area contributed by atoms with Gasteiger partial charge in [-0.1, -0.05) is 28.1 Å². The third kappa shape index (κ3) is 3.52. The van der Waals surface area contributed by atoms with Crippen LogP contribution in [0.25, 0.3) is 0 Å². The number of methoxy groups -OCH3 is 1. The average Bonchev–Trinajstić information content (AvgIpc) is 2.53. The first kappa shape index (κ1) is 14.4. The molecule has 0 spiro atoms. The standard InChI is InChI=1S/C16H14BrNO2/c1-19-15-6-7-16(14(8-15)9-17)20-11-13-4-2-12(10-18)3-5-13/h2-8H,9,11H2,1H3. The third-order valence-electron chi connectivity index (χ3n) is 2.89. The van der Waals surface area contributed by atoms with Gasteiger partial charge in [-0.2, -0.15) is 5.26 Å². The molecule has 0 N–H and O–H groups in total. The Morgan fingerprint density at radius 3 is 2.50 bits per heavy atom. The van der Waals surface area contributed by atoms with Crippen molar-refractivity contribution in [2.24, 2.45) is 0 Å². The van der Waals surface area contributed by atoms with Gasteiger partial charge in [0.15, 0.2) is 0 Å². The van der Waals surface area contributed by atoms with Crippen LogP contribution >= 0.6 is 15.9 Å². The number of halogens is 1. The lowest BCUT2D eigenvalue weighted by atomic mass is 10.1. The van der Waals surface area contributed by atoms with E-state index in [9.17, 15) is 0 Å². The number of alkyl halides is 1. The topological polar surface area (TPSA) is 42.2 Å². The normalized spacial score (nSPS) is 9.85. The molecular weight excluding hydrogens is 318 g/mol. The van der Waals surface area contributed by atoms with E-state index in [0.717, 1.165) is 22.6 Å². The van der Waals surface area contributed by atoms with E-state index in [4.69, 9.17) is 14.7 Å². The molecule has 20 heavy (non-hydrogen) atoms. The lowest BCUT2D eigenvalue weighted by molar-refractivity contribution is 0.303. The fourth-order valence-electron chi connectivity index (χ4n) is 1.76. The molecule has 3 nitrogen and oxygen atoms in total. The number of rotatable bonds is 5. The van der Waals surface area contributed by atoms with Crippen molar-refractivity contribution in [2.75, 3.05) is 7.11 Å². The molecule has 0 unspecified atom stereocenters. The van der Waals surface area contributed by atoms with Gasteiger partial charge in [-0.05, 0) is 35.9 Å². The largest absolute Gasteiger partial charge is 0.497 e. The van der Waals surface area contributed by atoms with E-state index in [2.05, 4.69) is 22.0 Å². The summed E-state index contributed by atoms with van der Waals surface area (Å²) in [5.41, 5.74) is 2.72. The SMILES string of the molecule is COc1ccc(OCc2ccc(C#N)cc2)c(CBr)c1. The molecule has 0 saturated heterocycles. The number of hydrogen-bond acceptors (Lipinski definition) is 3. The maximum atomic E-state index is 8.76. The van der Waals surface area contributed by atoms with Gasteiger partial charge in [0.25, 0.3) is 0 Å². The molecule has 0 heterocycles. The molecule has 0 bridgehead atoms. The second kappa shape index (κ2) is 6.97. The predicted molar refractivity (Wildman–Crippen MR) is 81.1 cm³/mol. The van der Waals surface area contributed by atoms with E-state index in [1.807, 2.05) is 30.3 Å². The molecule has 0 radical (unpaired) electrons. The summed E-state index contributed by atoms with van der Waals surface area (Å²) < 4.78 is 11.0. The zero-order chi connectivity index (χ0) is 14.4. The number of nitriles is 1. The summed E-state index contributed by atoms with van der Waals surface area (Å²) >= 11 is 3.45. The molecule has 2 rings (SSSR count). The summed E-state index contributed by atoms with van der Waals surface area (Å²) in [5.74, 6) is 1.64. The monoisotopic (exact) mass is 331 g/mol. The van der Waals surface area contributed by atoms with Crippen molar-refractivity contribution in [3.63, 3.8) is 0 Å². The molecular formula is C16H14BrNO2. The maximum absolute atomic E-state index is 8.76. The minimum Gasteiger partial charge on any atom is -0.497 e. The third-order valence-corrected chi connectivity index (χ3v) is 3.49. The zero-order valence-corrected chi connectivity index (χ0v) is 12.7. The molecule has 4 heteroatoms. The molecule has 2 aromatic carbocycles. The number of hydrogen-bond donors (Lipinski definition) is 0. The van der Waals surface area contributed by atoms with Gasteiger partial charge in [0.1, 0.15) is 18.1 Å². The Labute approximate surface area is 126 Å². The number of ether oxygens (including phenoxy) is 2. The zero-order valence-electron chi connectivity index (χ0n) is 11.1. The van der Waals surface area contributed by atoms with Crippen LogP contribution in [0.5, 0.6) is 11.5 Å². The fourth-order valence-corrected chi connectivity index (χ4v) is 2.20. The number of benzene rings is 2. The number of nitrogens with zero attached hydrogens (tertiary/aromatic N) is 1. The van der Waals surface area contributed by atoms with Crippen LogP contribution < -0.4 is 9.47 Å². The van der Waals surface area contributed by atoms with Crippen LogP contribution in [0.3, 0.4) is 0 Å². The summed E-state index contributed by atoms with van der Waals surface area (Å²) in [6, 6.07) is 15.2. The summed E-state index contributed by atoms with van der Waals surface area (Å²) in [4.78, 5) is 0. The molecule has 0 saturated carbocycles. The summed E-state index contributed by atoms with van der Waals surface area (Å²) in [5, 5.41) is 9.46. The van der Waals surface area contributed by atoms with Gasteiger partial charge >= 0.3 is 0 Å². The van der Waals surface area contributed by atoms with E-state index in [0.29, 0.717) is 17.5 Å². The van der Waals surface area contributed by atoms with Gasteiger partial charge in [0, 0.05) is 10.9 Å². The molecule has 0 aromatic heterocycles. The Kier molecular flexibility index (Phi) is 5.03. The Morgan fingerprint density at radius 1 is 1.15 bits per heavy atom. The second-order valence-electron chi connectivity index (χ2n) is 4.20. The molecule has 102 valence electrons. The lowest BCUT2D eigenvalue weighted by Gasteiger charge is -2.11. The van der Waals surface area contributed by atoms with E-state index in [1.165, 1.54) is 0 Å². The average molecular weight is 332 g/mol. The lowest BCUT2D eigenvalue weighted by Crippen LogP contribution is -1.98. The highest BCUT2D eigenvalue weighted by atomic mass is 79.9. The molecule has 0 atom stereocenters.